The minimum absolute atomic E-state index is 0.421. The van der Waals surface area contributed by atoms with E-state index in [1.54, 1.807) is 0 Å². The van der Waals surface area contributed by atoms with Gasteiger partial charge in [-0.05, 0) is 27.5 Å². The van der Waals surface area contributed by atoms with Gasteiger partial charge in [-0.3, -0.25) is 4.79 Å². The molecule has 13 heavy (non-hydrogen) atoms. The van der Waals surface area contributed by atoms with Crippen molar-refractivity contribution >= 4 is 32.8 Å². The largest absolute Gasteiger partial charge is 0.280 e. The van der Waals surface area contributed by atoms with Crippen molar-refractivity contribution < 1.29 is 18.0 Å². The SMILES string of the molecule is O=C(Cl)C1C(F)=CC(F)=CC1(F)Br. The summed E-state index contributed by atoms with van der Waals surface area (Å²) in [6.07, 6.45) is 0.866. The van der Waals surface area contributed by atoms with Crippen molar-refractivity contribution in [1.29, 1.82) is 0 Å². The first-order chi connectivity index (χ1) is 5.84. The van der Waals surface area contributed by atoms with Gasteiger partial charge in [-0.15, -0.1) is 0 Å². The summed E-state index contributed by atoms with van der Waals surface area (Å²) in [4.78, 5) is 10.6. The first kappa shape index (κ1) is 10.8. The Balaban J connectivity index is 3.12. The van der Waals surface area contributed by atoms with Crippen LogP contribution in [-0.4, -0.2) is 9.82 Å². The molecule has 0 radical (unpaired) electrons. The van der Waals surface area contributed by atoms with Crippen LogP contribution in [0.1, 0.15) is 0 Å². The molecule has 0 fully saturated rings. The molecular formula is C7H3BrClF3O. The van der Waals surface area contributed by atoms with Crippen molar-refractivity contribution in [2.24, 2.45) is 5.92 Å². The van der Waals surface area contributed by atoms with Gasteiger partial charge in [-0.1, -0.05) is 0 Å². The van der Waals surface area contributed by atoms with Gasteiger partial charge in [0.25, 0.3) is 0 Å². The highest BCUT2D eigenvalue weighted by molar-refractivity contribution is 9.10. The molecule has 0 bridgehead atoms. The normalized spacial score (nSPS) is 33.8. The molecule has 1 aliphatic rings. The predicted molar refractivity (Wildman–Crippen MR) is 45.5 cm³/mol. The molecule has 0 N–H and O–H groups in total. The van der Waals surface area contributed by atoms with Crippen molar-refractivity contribution in [1.82, 2.24) is 0 Å². The highest BCUT2D eigenvalue weighted by atomic mass is 79.9. The van der Waals surface area contributed by atoms with E-state index in [1.165, 1.54) is 0 Å². The summed E-state index contributed by atoms with van der Waals surface area (Å²) < 4.78 is 36.0. The van der Waals surface area contributed by atoms with Gasteiger partial charge < -0.3 is 0 Å². The summed E-state index contributed by atoms with van der Waals surface area (Å²) in [5.41, 5.74) is 0. The van der Waals surface area contributed by atoms with Crippen molar-refractivity contribution in [3.63, 3.8) is 0 Å². The molecule has 2 atom stereocenters. The Morgan fingerprint density at radius 1 is 1.62 bits per heavy atom. The number of allylic oxidation sites excluding steroid dienone is 4. The molecule has 0 aromatic rings. The molecule has 72 valence electrons. The van der Waals surface area contributed by atoms with E-state index in [9.17, 15) is 18.0 Å². The average molecular weight is 275 g/mol. The predicted octanol–water partition coefficient (Wildman–Crippen LogP) is 3.15. The number of hydrogen-bond acceptors (Lipinski definition) is 1. The quantitative estimate of drug-likeness (QED) is 0.531. The minimum Gasteiger partial charge on any atom is -0.280 e. The Morgan fingerprint density at radius 3 is 2.54 bits per heavy atom. The van der Waals surface area contributed by atoms with Crippen molar-refractivity contribution in [3.05, 3.63) is 23.8 Å². The van der Waals surface area contributed by atoms with Gasteiger partial charge in [0, 0.05) is 12.2 Å². The summed E-state index contributed by atoms with van der Waals surface area (Å²) in [6.45, 7) is 0. The smallest absolute Gasteiger partial charge is 0.236 e. The third-order valence-corrected chi connectivity index (χ3v) is 2.40. The third kappa shape index (κ3) is 2.14. The molecule has 0 spiro atoms. The zero-order chi connectivity index (χ0) is 10.2. The molecule has 0 saturated heterocycles. The molecule has 0 amide bonds. The number of hydrogen-bond donors (Lipinski definition) is 0. The highest BCUT2D eigenvalue weighted by Crippen LogP contribution is 2.42. The number of alkyl halides is 2. The lowest BCUT2D eigenvalue weighted by Crippen LogP contribution is -2.31. The van der Waals surface area contributed by atoms with E-state index in [0.717, 1.165) is 0 Å². The second-order valence-electron chi connectivity index (χ2n) is 2.47. The Hall–Kier alpha value is -0.290. The van der Waals surface area contributed by atoms with Crippen LogP contribution in [0.3, 0.4) is 0 Å². The number of halogens is 5. The fourth-order valence-electron chi connectivity index (χ4n) is 0.967. The van der Waals surface area contributed by atoms with Gasteiger partial charge in [0.15, 0.2) is 0 Å². The van der Waals surface area contributed by atoms with Crippen molar-refractivity contribution in [2.75, 3.05) is 0 Å². The molecule has 0 aromatic heterocycles. The van der Waals surface area contributed by atoms with Gasteiger partial charge in [0.1, 0.15) is 17.6 Å². The maximum Gasteiger partial charge on any atom is 0.236 e. The maximum atomic E-state index is 13.3. The first-order valence-electron chi connectivity index (χ1n) is 3.17. The van der Waals surface area contributed by atoms with Gasteiger partial charge in [-0.2, -0.15) is 0 Å². The summed E-state index contributed by atoms with van der Waals surface area (Å²) >= 11 is 7.31. The molecule has 1 aliphatic carbocycles. The standard InChI is InChI=1S/C7H3BrClF3O/c8-7(12)2-3(10)1-4(11)5(7)6(9)13/h1-2,5H. The second kappa shape index (κ2) is 3.46. The number of rotatable bonds is 1. The van der Waals surface area contributed by atoms with E-state index in [-0.39, 0.29) is 0 Å². The molecule has 6 heteroatoms. The van der Waals surface area contributed by atoms with Crippen molar-refractivity contribution in [3.8, 4) is 0 Å². The Labute approximate surface area is 85.4 Å². The Bertz CT molecular complexity index is 311. The summed E-state index contributed by atoms with van der Waals surface area (Å²) in [7, 11) is 0. The van der Waals surface area contributed by atoms with Gasteiger partial charge >= 0.3 is 0 Å². The highest BCUT2D eigenvalue weighted by Gasteiger charge is 2.45. The molecule has 1 rings (SSSR count). The van der Waals surface area contributed by atoms with Crippen LogP contribution in [0.15, 0.2) is 23.8 Å². The summed E-state index contributed by atoms with van der Waals surface area (Å²) in [5.74, 6) is -4.15. The van der Waals surface area contributed by atoms with Crippen molar-refractivity contribution in [2.45, 2.75) is 4.58 Å². The zero-order valence-electron chi connectivity index (χ0n) is 6.03. The van der Waals surface area contributed by atoms with Crippen LogP contribution >= 0.6 is 27.5 Å². The third-order valence-electron chi connectivity index (χ3n) is 1.49. The fourth-order valence-corrected chi connectivity index (χ4v) is 2.01. The lowest BCUT2D eigenvalue weighted by Gasteiger charge is -2.24. The monoisotopic (exact) mass is 274 g/mol. The van der Waals surface area contributed by atoms with Crippen LogP contribution in [0.2, 0.25) is 0 Å². The molecular weight excluding hydrogens is 272 g/mol. The van der Waals surface area contributed by atoms with E-state index < -0.39 is 27.4 Å². The van der Waals surface area contributed by atoms with Gasteiger partial charge in [0.2, 0.25) is 9.82 Å². The molecule has 0 heterocycles. The van der Waals surface area contributed by atoms with Crippen LogP contribution in [-0.2, 0) is 4.79 Å². The van der Waals surface area contributed by atoms with E-state index in [2.05, 4.69) is 15.9 Å². The molecule has 0 aromatic carbocycles. The van der Waals surface area contributed by atoms with Crippen LogP contribution in [0.5, 0.6) is 0 Å². The number of carbonyl (C=O) groups is 1. The molecule has 0 saturated carbocycles. The van der Waals surface area contributed by atoms with E-state index in [0.29, 0.717) is 12.2 Å². The molecule has 2 unspecified atom stereocenters. The van der Waals surface area contributed by atoms with Gasteiger partial charge in [0.05, 0.1) is 0 Å². The molecule has 0 aliphatic heterocycles. The lowest BCUT2D eigenvalue weighted by molar-refractivity contribution is -0.116. The fraction of sp³-hybridized carbons (Fsp3) is 0.286. The Kier molecular flexibility index (Phi) is 2.87. The van der Waals surface area contributed by atoms with Gasteiger partial charge in [-0.25, -0.2) is 13.2 Å². The summed E-state index contributed by atoms with van der Waals surface area (Å²) in [6, 6.07) is 0. The average Bonchev–Trinajstić information content (AvgIpc) is 1.78. The number of carbonyl (C=O) groups excluding carboxylic acids is 1. The van der Waals surface area contributed by atoms with E-state index in [4.69, 9.17) is 11.6 Å². The Morgan fingerprint density at radius 2 is 2.15 bits per heavy atom. The van der Waals surface area contributed by atoms with Crippen LogP contribution in [0.25, 0.3) is 0 Å². The van der Waals surface area contributed by atoms with Crippen LogP contribution < -0.4 is 0 Å². The topological polar surface area (TPSA) is 17.1 Å². The first-order valence-corrected chi connectivity index (χ1v) is 4.34. The van der Waals surface area contributed by atoms with Crippen LogP contribution in [0.4, 0.5) is 13.2 Å². The molecule has 1 nitrogen and oxygen atoms in total. The van der Waals surface area contributed by atoms with E-state index in [1.807, 2.05) is 0 Å². The lowest BCUT2D eigenvalue weighted by atomic mass is 9.98. The zero-order valence-corrected chi connectivity index (χ0v) is 8.37. The minimum atomic E-state index is -2.59. The summed E-state index contributed by atoms with van der Waals surface area (Å²) in [5, 5.41) is -1.23. The maximum absolute atomic E-state index is 13.3. The van der Waals surface area contributed by atoms with E-state index >= 15 is 0 Å². The van der Waals surface area contributed by atoms with Crippen LogP contribution in [0, 0.1) is 5.92 Å². The second-order valence-corrected chi connectivity index (χ2v) is 4.06.